The lowest BCUT2D eigenvalue weighted by molar-refractivity contribution is -0.885. The highest BCUT2D eigenvalue weighted by Crippen LogP contribution is 2.18. The number of amides is 3. The van der Waals surface area contributed by atoms with Crippen LogP contribution in [0, 0.1) is 0 Å². The first kappa shape index (κ1) is 17.9. The summed E-state index contributed by atoms with van der Waals surface area (Å²) in [5, 5.41) is 8.42. The minimum atomic E-state index is -0.357. The van der Waals surface area contributed by atoms with Crippen LogP contribution >= 0.6 is 0 Å². The number of benzene rings is 1. The molecule has 1 aromatic carbocycles. The Bertz CT molecular complexity index is 611. The summed E-state index contributed by atoms with van der Waals surface area (Å²) in [6.45, 7) is 3.50. The predicted octanol–water partition coefficient (Wildman–Crippen LogP) is -0.235. The van der Waals surface area contributed by atoms with Gasteiger partial charge in [0.15, 0.2) is 12.6 Å². The number of carbonyl (C=O) groups is 3. The molecular formula is C17H25N4O3+. The average Bonchev–Trinajstić information content (AvgIpc) is 3.31. The van der Waals surface area contributed by atoms with E-state index in [0.717, 1.165) is 17.7 Å². The van der Waals surface area contributed by atoms with Gasteiger partial charge in [0.25, 0.3) is 11.8 Å². The highest BCUT2D eigenvalue weighted by atomic mass is 16.2. The van der Waals surface area contributed by atoms with Gasteiger partial charge < -0.3 is 20.9 Å². The molecule has 0 spiro atoms. The molecule has 1 saturated carbocycles. The third-order valence-corrected chi connectivity index (χ3v) is 3.99. The SMILES string of the molecule is CC(=O)Nc1ccc(NC(=O)[C@@H](C)[NH+](C)CC(=O)NC2CC2)cc1. The Balaban J connectivity index is 1.83. The third-order valence-electron chi connectivity index (χ3n) is 3.99. The quantitative estimate of drug-likeness (QED) is 0.555. The first-order valence-corrected chi connectivity index (χ1v) is 8.15. The van der Waals surface area contributed by atoms with Gasteiger partial charge in [0.2, 0.25) is 5.91 Å². The Morgan fingerprint density at radius 2 is 1.67 bits per heavy atom. The Labute approximate surface area is 141 Å². The summed E-state index contributed by atoms with van der Waals surface area (Å²) in [6.07, 6.45) is 2.10. The summed E-state index contributed by atoms with van der Waals surface area (Å²) in [7, 11) is 1.83. The standard InChI is InChI=1S/C17H24N4O3/c1-11(21(3)10-16(23)19-14-6-7-14)17(24)20-15-8-4-13(5-9-15)18-12(2)22/h4-5,8-9,11,14H,6-7,10H2,1-3H3,(H,18,22)(H,19,23)(H,20,24)/p+1/t11-/m1/s1. The maximum Gasteiger partial charge on any atom is 0.282 e. The van der Waals surface area contributed by atoms with Gasteiger partial charge in [0.05, 0.1) is 7.05 Å². The van der Waals surface area contributed by atoms with E-state index in [1.54, 1.807) is 31.2 Å². The van der Waals surface area contributed by atoms with Crippen LogP contribution in [0.15, 0.2) is 24.3 Å². The van der Waals surface area contributed by atoms with E-state index in [1.165, 1.54) is 6.92 Å². The summed E-state index contributed by atoms with van der Waals surface area (Å²) < 4.78 is 0. The number of anilines is 2. The second kappa shape index (κ2) is 7.92. The van der Waals surface area contributed by atoms with Crippen molar-refractivity contribution in [3.63, 3.8) is 0 Å². The molecular weight excluding hydrogens is 308 g/mol. The van der Waals surface area contributed by atoms with E-state index in [-0.39, 0.29) is 30.3 Å². The number of quaternary nitrogens is 1. The largest absolute Gasteiger partial charge is 0.348 e. The molecule has 1 aliphatic rings. The van der Waals surface area contributed by atoms with Gasteiger partial charge >= 0.3 is 0 Å². The zero-order valence-corrected chi connectivity index (χ0v) is 14.3. The molecule has 0 radical (unpaired) electrons. The Hall–Kier alpha value is -2.41. The van der Waals surface area contributed by atoms with Gasteiger partial charge in [-0.2, -0.15) is 0 Å². The van der Waals surface area contributed by atoms with E-state index in [4.69, 9.17) is 0 Å². The van der Waals surface area contributed by atoms with E-state index >= 15 is 0 Å². The summed E-state index contributed by atoms with van der Waals surface area (Å²) in [4.78, 5) is 35.9. The fourth-order valence-corrected chi connectivity index (χ4v) is 2.23. The number of hydrogen-bond acceptors (Lipinski definition) is 3. The number of rotatable bonds is 7. The molecule has 1 aromatic rings. The predicted molar refractivity (Wildman–Crippen MR) is 91.8 cm³/mol. The molecule has 1 fully saturated rings. The fourth-order valence-electron chi connectivity index (χ4n) is 2.23. The van der Waals surface area contributed by atoms with Crippen LogP contribution in [0.1, 0.15) is 26.7 Å². The highest BCUT2D eigenvalue weighted by molar-refractivity contribution is 5.94. The van der Waals surface area contributed by atoms with Crippen molar-refractivity contribution in [1.29, 1.82) is 0 Å². The van der Waals surface area contributed by atoms with Crippen LogP contribution in [0.3, 0.4) is 0 Å². The second-order valence-corrected chi connectivity index (χ2v) is 6.33. The topological polar surface area (TPSA) is 91.7 Å². The minimum Gasteiger partial charge on any atom is -0.348 e. The maximum absolute atomic E-state index is 12.3. The lowest BCUT2D eigenvalue weighted by atomic mass is 10.2. The number of hydrogen-bond donors (Lipinski definition) is 4. The monoisotopic (exact) mass is 333 g/mol. The van der Waals surface area contributed by atoms with Crippen molar-refractivity contribution in [1.82, 2.24) is 5.32 Å². The van der Waals surface area contributed by atoms with Crippen molar-refractivity contribution in [2.45, 2.75) is 38.8 Å². The van der Waals surface area contributed by atoms with E-state index < -0.39 is 0 Å². The van der Waals surface area contributed by atoms with Crippen molar-refractivity contribution in [3.05, 3.63) is 24.3 Å². The van der Waals surface area contributed by atoms with Gasteiger partial charge in [-0.15, -0.1) is 0 Å². The number of likely N-dealkylation sites (N-methyl/N-ethyl adjacent to an activating group) is 1. The van der Waals surface area contributed by atoms with Gasteiger partial charge in [-0.25, -0.2) is 0 Å². The van der Waals surface area contributed by atoms with Crippen LogP contribution in [0.25, 0.3) is 0 Å². The first-order chi connectivity index (χ1) is 11.3. The molecule has 1 unspecified atom stereocenters. The number of carbonyl (C=O) groups excluding carboxylic acids is 3. The number of nitrogens with one attached hydrogen (secondary N) is 4. The van der Waals surface area contributed by atoms with Crippen LogP contribution in [0.2, 0.25) is 0 Å². The van der Waals surface area contributed by atoms with Gasteiger partial charge in [-0.1, -0.05) is 0 Å². The Kier molecular flexibility index (Phi) is 5.92. The molecule has 0 bridgehead atoms. The second-order valence-electron chi connectivity index (χ2n) is 6.33. The highest BCUT2D eigenvalue weighted by Gasteiger charge is 2.27. The molecule has 3 amide bonds. The lowest BCUT2D eigenvalue weighted by Gasteiger charge is -2.20. The van der Waals surface area contributed by atoms with Crippen molar-refractivity contribution >= 4 is 29.1 Å². The molecule has 0 saturated heterocycles. The first-order valence-electron chi connectivity index (χ1n) is 8.15. The van der Waals surface area contributed by atoms with Gasteiger partial charge in [-0.3, -0.25) is 14.4 Å². The molecule has 7 nitrogen and oxygen atoms in total. The van der Waals surface area contributed by atoms with Gasteiger partial charge in [0.1, 0.15) is 0 Å². The molecule has 0 heterocycles. The van der Waals surface area contributed by atoms with E-state index in [2.05, 4.69) is 16.0 Å². The fraction of sp³-hybridized carbons (Fsp3) is 0.471. The zero-order chi connectivity index (χ0) is 17.7. The van der Waals surface area contributed by atoms with Crippen LogP contribution in [0.4, 0.5) is 11.4 Å². The molecule has 130 valence electrons. The van der Waals surface area contributed by atoms with Crippen molar-refractivity contribution in [3.8, 4) is 0 Å². The molecule has 7 heteroatoms. The van der Waals surface area contributed by atoms with Crippen LogP contribution < -0.4 is 20.9 Å². The van der Waals surface area contributed by atoms with E-state index in [1.807, 2.05) is 7.05 Å². The summed E-state index contributed by atoms with van der Waals surface area (Å²) >= 11 is 0. The van der Waals surface area contributed by atoms with Gasteiger partial charge in [0, 0.05) is 24.3 Å². The van der Waals surface area contributed by atoms with Gasteiger partial charge in [-0.05, 0) is 44.0 Å². The Morgan fingerprint density at radius 3 is 2.17 bits per heavy atom. The summed E-state index contributed by atoms with van der Waals surface area (Å²) in [5.74, 6) is -0.316. The maximum atomic E-state index is 12.3. The summed E-state index contributed by atoms with van der Waals surface area (Å²) in [5.41, 5.74) is 1.32. The lowest BCUT2D eigenvalue weighted by Crippen LogP contribution is -3.15. The molecule has 2 atom stereocenters. The Morgan fingerprint density at radius 1 is 1.12 bits per heavy atom. The summed E-state index contributed by atoms with van der Waals surface area (Å²) in [6, 6.07) is 6.88. The molecule has 4 N–H and O–H groups in total. The molecule has 24 heavy (non-hydrogen) atoms. The van der Waals surface area contributed by atoms with E-state index in [9.17, 15) is 14.4 Å². The smallest absolute Gasteiger partial charge is 0.282 e. The molecule has 2 rings (SSSR count). The average molecular weight is 333 g/mol. The van der Waals surface area contributed by atoms with Crippen LogP contribution in [0.5, 0.6) is 0 Å². The molecule has 1 aliphatic carbocycles. The van der Waals surface area contributed by atoms with Crippen molar-refractivity contribution < 1.29 is 19.3 Å². The molecule has 0 aromatic heterocycles. The minimum absolute atomic E-state index is 0.0192. The van der Waals surface area contributed by atoms with Crippen LogP contribution in [-0.4, -0.2) is 43.4 Å². The normalized spacial score (nSPS) is 16.0. The zero-order valence-electron chi connectivity index (χ0n) is 14.3. The van der Waals surface area contributed by atoms with Crippen molar-refractivity contribution in [2.75, 3.05) is 24.2 Å². The van der Waals surface area contributed by atoms with Crippen molar-refractivity contribution in [2.24, 2.45) is 0 Å². The molecule has 0 aliphatic heterocycles. The van der Waals surface area contributed by atoms with Crippen LogP contribution in [-0.2, 0) is 14.4 Å². The van der Waals surface area contributed by atoms with E-state index in [0.29, 0.717) is 17.4 Å². The third kappa shape index (κ3) is 5.66.